The molecule has 1 N–H and O–H groups in total. The number of hydrogen-bond acceptors (Lipinski definition) is 5. The highest BCUT2D eigenvalue weighted by molar-refractivity contribution is 7.99. The van der Waals surface area contributed by atoms with E-state index in [-0.39, 0.29) is 22.4 Å². The molecule has 3 aromatic carbocycles. The molecular formula is C24H17F2N5OS. The first-order chi connectivity index (χ1) is 16.0. The molecule has 2 heterocycles. The predicted molar refractivity (Wildman–Crippen MR) is 123 cm³/mol. The van der Waals surface area contributed by atoms with Crippen molar-refractivity contribution in [1.29, 1.82) is 0 Å². The maximum absolute atomic E-state index is 13.6. The number of nitrogens with zero attached hydrogens (tertiary/aromatic N) is 4. The standard InChI is InChI=1S/C24H17F2N5OS/c1-14(21-27-20-5-3-2-4-19(20)23(32)28-21)33-24-30-29-22(15-6-8-16(25)9-7-15)31(24)18-12-10-17(26)11-13-18/h2-14H,1H3,(H,27,28,32). The van der Waals surface area contributed by atoms with Crippen molar-refractivity contribution in [1.82, 2.24) is 24.7 Å². The van der Waals surface area contributed by atoms with Crippen LogP contribution in [0.2, 0.25) is 0 Å². The van der Waals surface area contributed by atoms with Gasteiger partial charge in [0.1, 0.15) is 17.5 Å². The van der Waals surface area contributed by atoms with Crippen LogP contribution in [-0.2, 0) is 0 Å². The minimum Gasteiger partial charge on any atom is -0.309 e. The number of H-pyrrole nitrogens is 1. The normalized spacial score (nSPS) is 12.2. The van der Waals surface area contributed by atoms with Crippen LogP contribution in [0.3, 0.4) is 0 Å². The molecular weight excluding hydrogens is 444 g/mol. The first-order valence-electron chi connectivity index (χ1n) is 10.1. The maximum Gasteiger partial charge on any atom is 0.258 e. The molecule has 0 aliphatic rings. The van der Waals surface area contributed by atoms with Gasteiger partial charge in [0, 0.05) is 11.3 Å². The van der Waals surface area contributed by atoms with Crippen molar-refractivity contribution in [3.63, 3.8) is 0 Å². The average molecular weight is 461 g/mol. The van der Waals surface area contributed by atoms with Gasteiger partial charge in [-0.3, -0.25) is 9.36 Å². The van der Waals surface area contributed by atoms with Crippen LogP contribution in [0.25, 0.3) is 28.0 Å². The van der Waals surface area contributed by atoms with Crippen LogP contribution in [0.1, 0.15) is 18.0 Å². The Morgan fingerprint density at radius 3 is 2.30 bits per heavy atom. The summed E-state index contributed by atoms with van der Waals surface area (Å²) < 4.78 is 28.8. The van der Waals surface area contributed by atoms with Crippen molar-refractivity contribution < 1.29 is 8.78 Å². The van der Waals surface area contributed by atoms with Crippen molar-refractivity contribution in [3.05, 3.63) is 101 Å². The number of benzene rings is 3. The van der Waals surface area contributed by atoms with Crippen molar-refractivity contribution in [3.8, 4) is 17.1 Å². The van der Waals surface area contributed by atoms with Crippen LogP contribution < -0.4 is 5.56 Å². The number of nitrogens with one attached hydrogen (secondary N) is 1. The number of rotatable bonds is 5. The van der Waals surface area contributed by atoms with Gasteiger partial charge in [-0.15, -0.1) is 10.2 Å². The lowest BCUT2D eigenvalue weighted by Gasteiger charge is -2.14. The van der Waals surface area contributed by atoms with Crippen LogP contribution in [0.5, 0.6) is 0 Å². The van der Waals surface area contributed by atoms with Crippen molar-refractivity contribution in [2.45, 2.75) is 17.3 Å². The van der Waals surface area contributed by atoms with E-state index in [4.69, 9.17) is 0 Å². The highest BCUT2D eigenvalue weighted by Gasteiger charge is 2.21. The van der Waals surface area contributed by atoms with Crippen molar-refractivity contribution in [2.75, 3.05) is 0 Å². The fourth-order valence-electron chi connectivity index (χ4n) is 3.47. The number of halogens is 2. The highest BCUT2D eigenvalue weighted by Crippen LogP contribution is 2.35. The minimum absolute atomic E-state index is 0.213. The van der Waals surface area contributed by atoms with E-state index < -0.39 is 0 Å². The second-order valence-corrected chi connectivity index (χ2v) is 8.66. The van der Waals surface area contributed by atoms with Crippen molar-refractivity contribution >= 4 is 22.7 Å². The lowest BCUT2D eigenvalue weighted by Crippen LogP contribution is -2.13. The number of fused-ring (bicyclic) bond motifs is 1. The summed E-state index contributed by atoms with van der Waals surface area (Å²) in [7, 11) is 0. The smallest absolute Gasteiger partial charge is 0.258 e. The highest BCUT2D eigenvalue weighted by atomic mass is 32.2. The Hall–Kier alpha value is -3.85. The number of hydrogen-bond donors (Lipinski definition) is 1. The number of para-hydroxylation sites is 1. The maximum atomic E-state index is 13.6. The summed E-state index contributed by atoms with van der Waals surface area (Å²) in [5, 5.41) is 9.41. The van der Waals surface area contributed by atoms with Crippen molar-refractivity contribution in [2.24, 2.45) is 0 Å². The second-order valence-electron chi connectivity index (χ2n) is 7.35. The summed E-state index contributed by atoms with van der Waals surface area (Å²) in [6.45, 7) is 1.90. The molecule has 5 rings (SSSR count). The topological polar surface area (TPSA) is 76.5 Å². The SMILES string of the molecule is CC(Sc1nnc(-c2ccc(F)cc2)n1-c1ccc(F)cc1)c1nc2ccccc2c(=O)[nH]1. The summed E-state index contributed by atoms with van der Waals surface area (Å²) in [6.07, 6.45) is 0. The van der Waals surface area contributed by atoms with E-state index in [1.54, 1.807) is 47.0 Å². The quantitative estimate of drug-likeness (QED) is 0.359. The first-order valence-corrected chi connectivity index (χ1v) is 11.0. The van der Waals surface area contributed by atoms with Gasteiger partial charge in [-0.2, -0.15) is 0 Å². The van der Waals surface area contributed by atoms with Gasteiger partial charge >= 0.3 is 0 Å². The fourth-order valence-corrected chi connectivity index (χ4v) is 4.39. The Morgan fingerprint density at radius 1 is 0.909 bits per heavy atom. The molecule has 0 saturated heterocycles. The molecule has 164 valence electrons. The van der Waals surface area contributed by atoms with Crippen LogP contribution in [-0.4, -0.2) is 24.7 Å². The lowest BCUT2D eigenvalue weighted by molar-refractivity contribution is 0.626. The monoisotopic (exact) mass is 461 g/mol. The Bertz CT molecular complexity index is 1500. The fraction of sp³-hybridized carbons (Fsp3) is 0.0833. The lowest BCUT2D eigenvalue weighted by atomic mass is 10.2. The van der Waals surface area contributed by atoms with E-state index in [2.05, 4.69) is 20.2 Å². The molecule has 33 heavy (non-hydrogen) atoms. The van der Waals surface area contributed by atoms with Gasteiger partial charge in [0.25, 0.3) is 5.56 Å². The van der Waals surface area contributed by atoms with Gasteiger partial charge in [-0.05, 0) is 67.6 Å². The summed E-state index contributed by atoms with van der Waals surface area (Å²) in [5.74, 6) is 0.258. The van der Waals surface area contributed by atoms with Gasteiger partial charge in [-0.1, -0.05) is 23.9 Å². The van der Waals surface area contributed by atoms with Gasteiger partial charge in [0.2, 0.25) is 0 Å². The third kappa shape index (κ3) is 4.14. The van der Waals surface area contributed by atoms with E-state index in [0.29, 0.717) is 39.0 Å². The Morgan fingerprint density at radius 2 is 1.58 bits per heavy atom. The molecule has 5 aromatic rings. The molecule has 1 unspecified atom stereocenters. The predicted octanol–water partition coefficient (Wildman–Crippen LogP) is 5.30. The molecule has 0 bridgehead atoms. The Balaban J connectivity index is 1.57. The Kier molecular flexibility index (Phi) is 5.47. The molecule has 2 aromatic heterocycles. The molecule has 0 radical (unpaired) electrons. The first kappa shape index (κ1) is 21.0. The van der Waals surface area contributed by atoms with Crippen LogP contribution in [0, 0.1) is 11.6 Å². The van der Waals surface area contributed by atoms with Crippen LogP contribution in [0.4, 0.5) is 8.78 Å². The molecule has 0 spiro atoms. The van der Waals surface area contributed by atoms with Gasteiger partial charge in [0.15, 0.2) is 11.0 Å². The van der Waals surface area contributed by atoms with Gasteiger partial charge in [-0.25, -0.2) is 13.8 Å². The molecule has 0 saturated carbocycles. The Labute approximate surface area is 191 Å². The molecule has 0 amide bonds. The number of aromatic amines is 1. The summed E-state index contributed by atoms with van der Waals surface area (Å²) in [6, 6.07) is 19.0. The third-order valence-corrected chi connectivity index (χ3v) is 6.17. The van der Waals surface area contributed by atoms with Gasteiger partial charge in [0.05, 0.1) is 16.2 Å². The van der Waals surface area contributed by atoms with E-state index in [1.165, 1.54) is 36.0 Å². The molecule has 6 nitrogen and oxygen atoms in total. The summed E-state index contributed by atoms with van der Waals surface area (Å²) >= 11 is 1.35. The number of aromatic nitrogens is 5. The number of thioether (sulfide) groups is 1. The molecule has 0 aliphatic carbocycles. The van der Waals surface area contributed by atoms with Crippen LogP contribution in [0.15, 0.2) is 82.7 Å². The van der Waals surface area contributed by atoms with E-state index in [0.717, 1.165) is 0 Å². The molecule has 1 atom stereocenters. The van der Waals surface area contributed by atoms with E-state index >= 15 is 0 Å². The zero-order valence-corrected chi connectivity index (χ0v) is 18.2. The molecule has 0 aliphatic heterocycles. The zero-order valence-electron chi connectivity index (χ0n) is 17.4. The van der Waals surface area contributed by atoms with Gasteiger partial charge < -0.3 is 4.98 Å². The summed E-state index contributed by atoms with van der Waals surface area (Å²) in [5.41, 5.74) is 1.70. The largest absolute Gasteiger partial charge is 0.309 e. The van der Waals surface area contributed by atoms with E-state index in [1.807, 2.05) is 13.0 Å². The van der Waals surface area contributed by atoms with E-state index in [9.17, 15) is 13.6 Å². The minimum atomic E-state index is -0.365. The molecule has 9 heteroatoms. The summed E-state index contributed by atoms with van der Waals surface area (Å²) in [4.78, 5) is 19.9. The molecule has 0 fully saturated rings. The average Bonchev–Trinajstić information content (AvgIpc) is 3.23. The third-order valence-electron chi connectivity index (χ3n) is 5.12. The van der Waals surface area contributed by atoms with Crippen LogP contribution >= 0.6 is 11.8 Å². The zero-order chi connectivity index (χ0) is 22.9. The second kappa shape index (κ2) is 8.59.